The van der Waals surface area contributed by atoms with Gasteiger partial charge in [0.2, 0.25) is 0 Å². The lowest BCUT2D eigenvalue weighted by molar-refractivity contribution is 0.305. The minimum Gasteiger partial charge on any atom is -0.487 e. The molecule has 0 bridgehead atoms. The van der Waals surface area contributed by atoms with Crippen molar-refractivity contribution in [3.63, 3.8) is 0 Å². The quantitative estimate of drug-likeness (QED) is 0.610. The molecule has 0 spiro atoms. The highest BCUT2D eigenvalue weighted by Crippen LogP contribution is 2.26. The fraction of sp³-hybridized carbons (Fsp3) is 0.0625. The Morgan fingerprint density at radius 2 is 1.95 bits per heavy atom. The number of pyridine rings is 1. The second kappa shape index (κ2) is 6.48. The predicted octanol–water partition coefficient (Wildman–Crippen LogP) is 5.70. The number of hydrogen-bond acceptors (Lipinski definition) is 3. The zero-order valence-electron chi connectivity index (χ0n) is 10.9. The van der Waals surface area contributed by atoms with Crippen molar-refractivity contribution in [1.82, 2.24) is 4.98 Å². The zero-order chi connectivity index (χ0) is 14.7. The number of nitrogens with zero attached hydrogens (tertiary/aromatic N) is 1. The summed E-state index contributed by atoms with van der Waals surface area (Å²) < 4.78 is 5.76. The number of aromatic nitrogens is 1. The van der Waals surface area contributed by atoms with Gasteiger partial charge in [-0.2, -0.15) is 11.3 Å². The van der Waals surface area contributed by atoms with E-state index in [1.165, 1.54) is 0 Å². The van der Waals surface area contributed by atoms with Crippen LogP contribution in [0.2, 0.25) is 10.0 Å². The maximum absolute atomic E-state index is 6.13. The summed E-state index contributed by atoms with van der Waals surface area (Å²) in [5, 5.41) is 5.34. The number of ether oxygens (including phenoxy) is 1. The van der Waals surface area contributed by atoms with Crippen molar-refractivity contribution < 1.29 is 4.74 Å². The van der Waals surface area contributed by atoms with Crippen LogP contribution in [0, 0.1) is 0 Å². The third kappa shape index (κ3) is 3.56. The molecule has 0 saturated carbocycles. The summed E-state index contributed by atoms with van der Waals surface area (Å²) in [6.07, 6.45) is 3.52. The summed E-state index contributed by atoms with van der Waals surface area (Å²) in [7, 11) is 0. The molecule has 0 unspecified atom stereocenters. The summed E-state index contributed by atoms with van der Waals surface area (Å²) in [6.45, 7) is 0.380. The normalized spacial score (nSPS) is 10.6. The van der Waals surface area contributed by atoms with E-state index in [1.54, 1.807) is 29.7 Å². The first kappa shape index (κ1) is 14.4. The molecule has 0 saturated heterocycles. The first-order valence-corrected chi connectivity index (χ1v) is 7.96. The van der Waals surface area contributed by atoms with Gasteiger partial charge in [0.05, 0.1) is 6.20 Å². The fourth-order valence-electron chi connectivity index (χ4n) is 1.88. The molecule has 0 radical (unpaired) electrons. The summed E-state index contributed by atoms with van der Waals surface area (Å²) in [6, 6.07) is 9.40. The minimum absolute atomic E-state index is 0.380. The Morgan fingerprint density at radius 3 is 2.71 bits per heavy atom. The lowest BCUT2D eigenvalue weighted by Gasteiger charge is -2.08. The van der Waals surface area contributed by atoms with Crippen LogP contribution in [0.4, 0.5) is 0 Å². The molecule has 2 nitrogen and oxygen atoms in total. The molecule has 2 aromatic heterocycles. The summed E-state index contributed by atoms with van der Waals surface area (Å²) >= 11 is 13.7. The smallest absolute Gasteiger partial charge is 0.138 e. The fourth-order valence-corrected chi connectivity index (χ4v) is 3.01. The van der Waals surface area contributed by atoms with Crippen LogP contribution in [0.1, 0.15) is 5.56 Å². The van der Waals surface area contributed by atoms with Crippen molar-refractivity contribution in [2.24, 2.45) is 0 Å². The van der Waals surface area contributed by atoms with E-state index in [9.17, 15) is 0 Å². The Balaban J connectivity index is 1.75. The molecule has 0 fully saturated rings. The van der Waals surface area contributed by atoms with Gasteiger partial charge in [0.25, 0.3) is 0 Å². The second-order valence-corrected chi connectivity index (χ2v) is 6.07. The molecule has 0 amide bonds. The van der Waals surface area contributed by atoms with Crippen molar-refractivity contribution >= 4 is 34.5 Å². The highest BCUT2D eigenvalue weighted by molar-refractivity contribution is 7.08. The first-order valence-electron chi connectivity index (χ1n) is 6.27. The molecule has 0 aliphatic rings. The molecule has 0 N–H and O–H groups in total. The molecular formula is C16H11Cl2NOS. The number of halogens is 2. The highest BCUT2D eigenvalue weighted by atomic mass is 35.5. The van der Waals surface area contributed by atoms with Gasteiger partial charge in [-0.05, 0) is 40.6 Å². The molecule has 21 heavy (non-hydrogen) atoms. The number of benzene rings is 1. The first-order chi connectivity index (χ1) is 10.2. The maximum Gasteiger partial charge on any atom is 0.138 e. The van der Waals surface area contributed by atoms with Crippen molar-refractivity contribution in [2.75, 3.05) is 0 Å². The van der Waals surface area contributed by atoms with Gasteiger partial charge in [0, 0.05) is 27.4 Å². The Labute approximate surface area is 136 Å². The molecule has 0 atom stereocenters. The van der Waals surface area contributed by atoms with Crippen molar-refractivity contribution in [3.05, 3.63) is 69.1 Å². The molecule has 5 heteroatoms. The van der Waals surface area contributed by atoms with Crippen LogP contribution in [-0.4, -0.2) is 4.98 Å². The van der Waals surface area contributed by atoms with Gasteiger partial charge in [0.1, 0.15) is 12.4 Å². The Bertz CT molecular complexity index is 744. The van der Waals surface area contributed by atoms with Gasteiger partial charge in [-0.1, -0.05) is 29.3 Å². The topological polar surface area (TPSA) is 22.1 Å². The average Bonchev–Trinajstić information content (AvgIpc) is 3.01. The molecule has 3 rings (SSSR count). The summed E-state index contributed by atoms with van der Waals surface area (Å²) in [5.41, 5.74) is 3.07. The van der Waals surface area contributed by atoms with E-state index < -0.39 is 0 Å². The average molecular weight is 336 g/mol. The van der Waals surface area contributed by atoms with Crippen molar-refractivity contribution in [2.45, 2.75) is 6.61 Å². The largest absolute Gasteiger partial charge is 0.487 e. The van der Waals surface area contributed by atoms with Crippen LogP contribution >= 0.6 is 34.5 Å². The monoisotopic (exact) mass is 335 g/mol. The Kier molecular flexibility index (Phi) is 4.44. The molecule has 0 aliphatic heterocycles. The van der Waals surface area contributed by atoms with Gasteiger partial charge >= 0.3 is 0 Å². The van der Waals surface area contributed by atoms with Gasteiger partial charge in [-0.15, -0.1) is 0 Å². The van der Waals surface area contributed by atoms with E-state index in [0.29, 0.717) is 22.4 Å². The number of hydrogen-bond donors (Lipinski definition) is 0. The van der Waals surface area contributed by atoms with Crippen LogP contribution in [0.15, 0.2) is 53.5 Å². The number of thiophene rings is 1. The lowest BCUT2D eigenvalue weighted by atomic mass is 10.1. The second-order valence-electron chi connectivity index (χ2n) is 4.45. The van der Waals surface area contributed by atoms with Gasteiger partial charge in [0.15, 0.2) is 0 Å². The minimum atomic E-state index is 0.380. The molecule has 2 heterocycles. The third-order valence-corrected chi connectivity index (χ3v) is 4.25. The van der Waals surface area contributed by atoms with E-state index in [0.717, 1.165) is 16.7 Å². The molecule has 1 aromatic carbocycles. The summed E-state index contributed by atoms with van der Waals surface area (Å²) in [5.74, 6) is 0.713. The predicted molar refractivity (Wildman–Crippen MR) is 88.3 cm³/mol. The van der Waals surface area contributed by atoms with Crippen LogP contribution < -0.4 is 4.74 Å². The van der Waals surface area contributed by atoms with Gasteiger partial charge in [-0.3, -0.25) is 4.98 Å². The Morgan fingerprint density at radius 1 is 1.05 bits per heavy atom. The standard InChI is InChI=1S/C16H11Cl2NOS/c17-14-2-1-11(16(18)6-14)9-20-15-5-13(7-19-8-15)12-3-4-21-10-12/h1-8,10H,9H2. The van der Waals surface area contributed by atoms with Crippen LogP contribution in [0.25, 0.3) is 11.1 Å². The summed E-state index contributed by atoms with van der Waals surface area (Å²) in [4.78, 5) is 4.21. The van der Waals surface area contributed by atoms with E-state index >= 15 is 0 Å². The van der Waals surface area contributed by atoms with E-state index in [-0.39, 0.29) is 0 Å². The molecule has 0 aliphatic carbocycles. The Hall–Kier alpha value is -1.55. The van der Waals surface area contributed by atoms with Gasteiger partial charge in [-0.25, -0.2) is 0 Å². The van der Waals surface area contributed by atoms with Crippen molar-refractivity contribution in [1.29, 1.82) is 0 Å². The molecule has 106 valence electrons. The van der Waals surface area contributed by atoms with Crippen LogP contribution in [0.3, 0.4) is 0 Å². The maximum atomic E-state index is 6.13. The third-order valence-electron chi connectivity index (χ3n) is 2.98. The lowest BCUT2D eigenvalue weighted by Crippen LogP contribution is -1.97. The van der Waals surface area contributed by atoms with E-state index in [4.69, 9.17) is 27.9 Å². The SMILES string of the molecule is Clc1ccc(COc2cncc(-c3ccsc3)c2)c(Cl)c1. The van der Waals surface area contributed by atoms with Crippen LogP contribution in [-0.2, 0) is 6.61 Å². The molecule has 3 aromatic rings. The molecular weight excluding hydrogens is 325 g/mol. The number of rotatable bonds is 4. The highest BCUT2D eigenvalue weighted by Gasteiger charge is 2.05. The zero-order valence-corrected chi connectivity index (χ0v) is 13.3. The van der Waals surface area contributed by atoms with E-state index in [1.807, 2.05) is 23.7 Å². The van der Waals surface area contributed by atoms with Crippen molar-refractivity contribution in [3.8, 4) is 16.9 Å². The van der Waals surface area contributed by atoms with Gasteiger partial charge < -0.3 is 4.74 Å². The van der Waals surface area contributed by atoms with E-state index in [2.05, 4.69) is 16.4 Å². The van der Waals surface area contributed by atoms with Crippen LogP contribution in [0.5, 0.6) is 5.75 Å².